The highest BCUT2D eigenvalue weighted by Gasteiger charge is 2.44. The average Bonchev–Trinajstić information content (AvgIpc) is 0.779. The molecule has 21 heteroatoms. The zero-order chi connectivity index (χ0) is 71.7. The summed E-state index contributed by atoms with van der Waals surface area (Å²) in [5.41, 5.74) is 9.12. The second-order valence-electron chi connectivity index (χ2n) is 28.7. The number of benzene rings is 3. The van der Waals surface area contributed by atoms with Crippen LogP contribution in [0.15, 0.2) is 76.0 Å². The first-order valence-corrected chi connectivity index (χ1v) is 36.0. The Labute approximate surface area is 590 Å². The topological polar surface area (TPSA) is 221 Å². The number of aliphatic imine (C=N–C) groups is 2. The number of rotatable bonds is 25. The molecule has 5 aliphatic rings. The van der Waals surface area contributed by atoms with Gasteiger partial charge in [-0.25, -0.2) is 48.8 Å². The maximum Gasteiger partial charge on any atom is 0.331 e. The molecule has 1 saturated carbocycles. The molecule has 11 rings (SSSR count). The number of ether oxygens (including phenoxy) is 4. The Morgan fingerprint density at radius 3 is 1.98 bits per heavy atom. The molecule has 0 bridgehead atoms. The van der Waals surface area contributed by atoms with Gasteiger partial charge in [-0.1, -0.05) is 114 Å². The predicted octanol–water partition coefficient (Wildman–Crippen LogP) is 17.2. The number of esters is 1. The number of fused-ring (bicyclic) bond motifs is 2. The normalized spacial score (nSPS) is 19.2. The van der Waals surface area contributed by atoms with Gasteiger partial charge in [0.25, 0.3) is 5.70 Å². The smallest absolute Gasteiger partial charge is 0.331 e. The predicted molar refractivity (Wildman–Crippen MR) is 396 cm³/mol. The summed E-state index contributed by atoms with van der Waals surface area (Å²) in [5.74, 6) is 4.35. The minimum absolute atomic E-state index is 0.0153. The average molecular weight is 1350 g/mol. The van der Waals surface area contributed by atoms with Crippen LogP contribution in [0.3, 0.4) is 0 Å². The number of carbonyl (C=O) groups excluding carboxylic acids is 2. The van der Waals surface area contributed by atoms with Crippen molar-refractivity contribution in [3.63, 3.8) is 0 Å². The van der Waals surface area contributed by atoms with Gasteiger partial charge in [-0.05, 0) is 166 Å². The molecule has 1 amide bonds. The van der Waals surface area contributed by atoms with Gasteiger partial charge in [0.05, 0.1) is 68.2 Å². The van der Waals surface area contributed by atoms with Crippen molar-refractivity contribution >= 4 is 63.3 Å². The van der Waals surface area contributed by atoms with Crippen molar-refractivity contribution in [1.82, 2.24) is 34.5 Å². The molecule has 0 radical (unpaired) electrons. The van der Waals surface area contributed by atoms with E-state index in [4.69, 9.17) is 67.2 Å². The van der Waals surface area contributed by atoms with E-state index in [1.165, 1.54) is 47.2 Å². The lowest BCUT2D eigenvalue weighted by atomic mass is 9.68. The highest BCUT2D eigenvalue weighted by Crippen LogP contribution is 2.53. The number of unbranched alkanes of at least 4 members (excludes halogenated alkanes) is 7. The summed E-state index contributed by atoms with van der Waals surface area (Å²) in [6, 6.07) is 19.1. The summed E-state index contributed by atoms with van der Waals surface area (Å²) < 4.78 is 26.7. The fraction of sp³-hybridized carbons (Fsp3) is 0.519. The molecular weight excluding hydrogens is 1250 g/mol. The Balaban J connectivity index is 0.000000217. The molecule has 1 N–H and O–H groups in total. The molecule has 1 aliphatic carbocycles. The van der Waals surface area contributed by atoms with E-state index < -0.39 is 5.97 Å². The number of pyridine rings is 1. The fourth-order valence-electron chi connectivity index (χ4n) is 14.8. The lowest BCUT2D eigenvalue weighted by Crippen LogP contribution is -2.45. The van der Waals surface area contributed by atoms with Gasteiger partial charge in [-0.15, -0.1) is 10.2 Å². The molecule has 526 valence electrons. The van der Waals surface area contributed by atoms with E-state index >= 15 is 0 Å². The number of nitrogens with zero attached hydrogens (tertiary/aromatic N) is 14. The Bertz CT molecular complexity index is 4300. The molecule has 2 atom stereocenters. The number of nitriles is 1. The standard InChI is InChI=1S/C40H52N8O4.C39H47N7O2/c1-10-13-15-33(49)43-28-16-18-31(51-9)29(23-28)37-45-38-34(40(50)52-36-25(5)21-24(4)22-26(36)6)35(41-8)39(48(38)46-37)44-30-17-19-32(42-27(30)7)47(12-3)20-14-11-2;1-9-10-11-12-13-14-21-48-26-15-16-31(47-8)27(22-26)35-43-36-28(24-40)33(41-7)37(46(36)44-35)42-30-23-29-34-32(25(30)2)39(5,6)18-20-45(34)19-17-38(29,3)4/h16-19,23-26,36H,10-15,20-22H2,1-7,9H3,(H,43,49);15-16,22-23H,9-14,17-21H2,1-6,8H3. The number of carbonyl (C=O) groups is 2. The van der Waals surface area contributed by atoms with Gasteiger partial charge in [0.15, 0.2) is 35.0 Å². The highest BCUT2D eigenvalue weighted by molar-refractivity contribution is 6.29. The Hall–Kier alpha value is -9.68. The zero-order valence-electron chi connectivity index (χ0n) is 61.4. The molecule has 21 nitrogen and oxygen atoms in total. The molecule has 4 aliphatic heterocycles. The van der Waals surface area contributed by atoms with Crippen molar-refractivity contribution in [2.75, 3.05) is 62.1 Å². The number of hydrogen-bond acceptors (Lipinski definition) is 16. The highest BCUT2D eigenvalue weighted by atomic mass is 16.5. The second kappa shape index (κ2) is 31.7. The maximum atomic E-state index is 14.2. The SMILES string of the molecule is [C-]#[N+]C1=C(C#N)c2nc(-c3cc(OCCCCCCCC)ccc3OC)nn2C1=Nc1cc2c3c(c1C)C(C)(C)CCN3CCC2(C)C.[C-]#[N+]C1=C(C(=O)OC2C(C)CC(C)CC2C)c2nc(-c3cc(NC(=O)CCCC)ccc3OC)nn2C1=Nc1ccc(N(CC)CCCC)nc1C. The number of aryl methyl sites for hydroxylation is 1. The van der Waals surface area contributed by atoms with Crippen molar-refractivity contribution in [3.8, 4) is 46.1 Å². The number of aromatic nitrogens is 7. The summed E-state index contributed by atoms with van der Waals surface area (Å²) >= 11 is 0. The third kappa shape index (κ3) is 15.2. The van der Waals surface area contributed by atoms with Gasteiger partial charge in [-0.3, -0.25) is 4.79 Å². The van der Waals surface area contributed by atoms with E-state index in [1.807, 2.05) is 44.2 Å². The number of methoxy groups -OCH3 is 2. The van der Waals surface area contributed by atoms with Crippen LogP contribution in [0.5, 0.6) is 17.2 Å². The quantitative estimate of drug-likeness (QED) is 0.0320. The van der Waals surface area contributed by atoms with E-state index in [-0.39, 0.29) is 74.7 Å². The van der Waals surface area contributed by atoms with Crippen molar-refractivity contribution in [2.24, 2.45) is 27.7 Å². The molecule has 7 heterocycles. The van der Waals surface area contributed by atoms with Crippen LogP contribution in [0, 0.1) is 56.1 Å². The minimum atomic E-state index is -0.627. The Morgan fingerprint density at radius 2 is 1.34 bits per heavy atom. The van der Waals surface area contributed by atoms with Crippen LogP contribution in [0.2, 0.25) is 0 Å². The van der Waals surface area contributed by atoms with Crippen molar-refractivity contribution in [2.45, 2.75) is 203 Å². The molecule has 0 saturated heterocycles. The van der Waals surface area contributed by atoms with Crippen LogP contribution in [-0.2, 0) is 25.2 Å². The van der Waals surface area contributed by atoms with Gasteiger partial charge in [-0.2, -0.15) is 5.26 Å². The summed E-state index contributed by atoms with van der Waals surface area (Å²) in [7, 11) is 3.16. The number of allylic oxidation sites excluding steroid dienone is 3. The maximum absolute atomic E-state index is 14.2. The first-order chi connectivity index (χ1) is 48.1. The van der Waals surface area contributed by atoms with Gasteiger partial charge in [0.1, 0.15) is 40.3 Å². The summed E-state index contributed by atoms with van der Waals surface area (Å²) in [5, 5.41) is 22.9. The molecular formula is C79H99N15O6. The number of amides is 1. The van der Waals surface area contributed by atoms with Crippen LogP contribution < -0.4 is 29.3 Å². The summed E-state index contributed by atoms with van der Waals surface area (Å²) in [4.78, 5) is 63.7. The van der Waals surface area contributed by atoms with Crippen LogP contribution in [0.4, 0.5) is 28.6 Å². The van der Waals surface area contributed by atoms with Crippen LogP contribution in [0.25, 0.3) is 43.6 Å². The molecule has 0 spiro atoms. The van der Waals surface area contributed by atoms with Gasteiger partial charge in [0, 0.05) is 44.0 Å². The van der Waals surface area contributed by atoms with Crippen molar-refractivity contribution < 1.29 is 28.5 Å². The monoisotopic (exact) mass is 1350 g/mol. The Kier molecular flexibility index (Phi) is 23.1. The molecule has 1 fully saturated rings. The van der Waals surface area contributed by atoms with Crippen LogP contribution >= 0.6 is 0 Å². The Morgan fingerprint density at radius 1 is 0.730 bits per heavy atom. The van der Waals surface area contributed by atoms with E-state index in [0.29, 0.717) is 81.9 Å². The van der Waals surface area contributed by atoms with Crippen LogP contribution in [-0.4, -0.2) is 111 Å². The third-order valence-corrected chi connectivity index (χ3v) is 20.3. The number of nitrogens with one attached hydrogen (secondary N) is 1. The van der Waals surface area contributed by atoms with E-state index in [0.717, 1.165) is 107 Å². The lowest BCUT2D eigenvalue weighted by Gasteiger charge is -2.49. The fourth-order valence-corrected chi connectivity index (χ4v) is 14.8. The minimum Gasteiger partial charge on any atom is -0.496 e. The van der Waals surface area contributed by atoms with Gasteiger partial charge in [0.2, 0.25) is 11.6 Å². The molecule has 2 unspecified atom stereocenters. The largest absolute Gasteiger partial charge is 0.496 e. The van der Waals surface area contributed by atoms with Gasteiger partial charge >= 0.3 is 5.97 Å². The molecule has 3 aromatic carbocycles. The first kappa shape index (κ1) is 73.0. The molecule has 100 heavy (non-hydrogen) atoms. The van der Waals surface area contributed by atoms with Crippen LogP contribution in [0.1, 0.15) is 207 Å². The van der Waals surface area contributed by atoms with Crippen molar-refractivity contribution in [3.05, 3.63) is 123 Å². The second-order valence-corrected chi connectivity index (χ2v) is 28.7. The lowest BCUT2D eigenvalue weighted by molar-refractivity contribution is -0.150. The third-order valence-electron chi connectivity index (χ3n) is 20.3. The first-order valence-electron chi connectivity index (χ1n) is 36.0. The molecule has 3 aromatic heterocycles. The summed E-state index contributed by atoms with van der Waals surface area (Å²) in [6.07, 6.45) is 15.1. The van der Waals surface area contributed by atoms with Gasteiger partial charge < -0.3 is 34.1 Å². The van der Waals surface area contributed by atoms with E-state index in [1.54, 1.807) is 37.1 Å². The van der Waals surface area contributed by atoms with E-state index in [9.17, 15) is 14.9 Å². The summed E-state index contributed by atoms with van der Waals surface area (Å²) in [6.45, 7) is 49.0. The van der Waals surface area contributed by atoms with Crippen molar-refractivity contribution in [1.29, 1.82) is 5.26 Å². The number of hydrogen-bond donors (Lipinski definition) is 1. The van der Waals surface area contributed by atoms with E-state index in [2.05, 4.69) is 113 Å². The molecule has 6 aromatic rings. The zero-order valence-corrected chi connectivity index (χ0v) is 61.4. The number of anilines is 3.